The van der Waals surface area contributed by atoms with Gasteiger partial charge in [0.1, 0.15) is 6.17 Å². The van der Waals surface area contributed by atoms with Crippen molar-refractivity contribution >= 4 is 17.1 Å². The molecule has 0 aliphatic carbocycles. The van der Waals surface area contributed by atoms with Crippen LogP contribution < -0.4 is 15.5 Å². The molecule has 2 aromatic rings. The Morgan fingerprint density at radius 1 is 1.00 bits per heavy atom. The second-order valence-corrected chi connectivity index (χ2v) is 6.32. The average Bonchev–Trinajstić information content (AvgIpc) is 2.78. The van der Waals surface area contributed by atoms with E-state index in [9.17, 15) is 0 Å². The van der Waals surface area contributed by atoms with Gasteiger partial charge in [-0.3, -0.25) is 0 Å². The van der Waals surface area contributed by atoms with Crippen molar-refractivity contribution in [3.8, 4) is 0 Å². The Kier molecular flexibility index (Phi) is 2.64. The zero-order chi connectivity index (χ0) is 14.6. The van der Waals surface area contributed by atoms with Gasteiger partial charge in [0, 0.05) is 17.3 Å². The molecule has 3 nitrogen and oxygen atoms in total. The number of aryl methyl sites for hydroxylation is 1. The molecule has 3 heteroatoms. The molecule has 21 heavy (non-hydrogen) atoms. The molecule has 2 heterocycles. The molecular weight excluding hydrogens is 258 g/mol. The summed E-state index contributed by atoms with van der Waals surface area (Å²) >= 11 is 0. The van der Waals surface area contributed by atoms with Crippen LogP contribution in [0.15, 0.2) is 42.5 Å². The summed E-state index contributed by atoms with van der Waals surface area (Å²) in [5.74, 6) is 0. The first-order valence-electron chi connectivity index (χ1n) is 7.66. The Morgan fingerprint density at radius 3 is 2.43 bits per heavy atom. The molecule has 0 spiro atoms. The molecule has 2 atom stereocenters. The van der Waals surface area contributed by atoms with Gasteiger partial charge in [0.15, 0.2) is 0 Å². The largest absolute Gasteiger partial charge is 0.373 e. The summed E-state index contributed by atoms with van der Waals surface area (Å²) in [6, 6.07) is 16.0. The van der Waals surface area contributed by atoms with Gasteiger partial charge in [0.05, 0.1) is 17.4 Å². The molecule has 4 rings (SSSR count). The van der Waals surface area contributed by atoms with Crippen LogP contribution in [0.4, 0.5) is 17.1 Å². The van der Waals surface area contributed by atoms with Crippen LogP contribution >= 0.6 is 0 Å². The van der Waals surface area contributed by atoms with E-state index < -0.39 is 0 Å². The van der Waals surface area contributed by atoms with Crippen LogP contribution in [0.3, 0.4) is 0 Å². The van der Waals surface area contributed by atoms with E-state index in [0.717, 1.165) is 0 Å². The molecule has 108 valence electrons. The Morgan fingerprint density at radius 2 is 1.71 bits per heavy atom. The van der Waals surface area contributed by atoms with Crippen LogP contribution in [-0.4, -0.2) is 12.2 Å². The van der Waals surface area contributed by atoms with E-state index in [1.54, 1.807) is 0 Å². The molecule has 2 N–H and O–H groups in total. The predicted molar refractivity (Wildman–Crippen MR) is 89.0 cm³/mol. The van der Waals surface area contributed by atoms with Crippen molar-refractivity contribution in [1.82, 2.24) is 0 Å². The molecule has 2 aliphatic rings. The van der Waals surface area contributed by atoms with Crippen molar-refractivity contribution in [2.24, 2.45) is 0 Å². The fraction of sp³-hybridized carbons (Fsp3) is 0.333. The molecule has 0 saturated heterocycles. The molecule has 2 unspecified atom stereocenters. The third-order valence-electron chi connectivity index (χ3n) is 4.51. The van der Waals surface area contributed by atoms with E-state index in [0.29, 0.717) is 12.1 Å². The maximum Gasteiger partial charge on any atom is 0.124 e. The summed E-state index contributed by atoms with van der Waals surface area (Å²) in [5.41, 5.74) is 6.44. The maximum absolute atomic E-state index is 3.72. The van der Waals surface area contributed by atoms with E-state index in [2.05, 4.69) is 78.8 Å². The molecule has 0 saturated carbocycles. The normalized spacial score (nSPS) is 22.2. The van der Waals surface area contributed by atoms with Crippen molar-refractivity contribution in [3.63, 3.8) is 0 Å². The van der Waals surface area contributed by atoms with E-state index >= 15 is 0 Å². The Hall–Kier alpha value is -2.16. The summed E-state index contributed by atoms with van der Waals surface area (Å²) in [5, 5.41) is 7.44. The number of rotatable bonds is 1. The molecule has 0 fully saturated rings. The lowest BCUT2D eigenvalue weighted by Crippen LogP contribution is -2.48. The number of nitrogens with zero attached hydrogens (tertiary/aromatic N) is 1. The Balaban J connectivity index is 1.84. The standard InChI is InChI=1S/C18H21N3/c1-11(2)21-16-9-8-12(3)10-13(16)17-18(21)20-15-7-5-4-6-14(15)19-17/h4-11,17-20H,1-3H3. The van der Waals surface area contributed by atoms with E-state index in [1.807, 2.05) is 0 Å². The maximum atomic E-state index is 3.72. The van der Waals surface area contributed by atoms with Gasteiger partial charge in [-0.05, 0) is 39.0 Å². The highest BCUT2D eigenvalue weighted by Gasteiger charge is 2.42. The van der Waals surface area contributed by atoms with Gasteiger partial charge in [-0.15, -0.1) is 0 Å². The number of hydrogen-bond donors (Lipinski definition) is 2. The molecule has 0 bridgehead atoms. The van der Waals surface area contributed by atoms with Crippen molar-refractivity contribution in [2.75, 3.05) is 15.5 Å². The minimum atomic E-state index is 0.275. The molecule has 0 aromatic heterocycles. The van der Waals surface area contributed by atoms with Crippen molar-refractivity contribution in [2.45, 2.75) is 39.0 Å². The molecule has 0 amide bonds. The van der Waals surface area contributed by atoms with Gasteiger partial charge in [-0.2, -0.15) is 0 Å². The van der Waals surface area contributed by atoms with Crippen LogP contribution in [-0.2, 0) is 0 Å². The van der Waals surface area contributed by atoms with Crippen LogP contribution in [0.2, 0.25) is 0 Å². The average molecular weight is 279 g/mol. The van der Waals surface area contributed by atoms with Gasteiger partial charge in [0.2, 0.25) is 0 Å². The fourth-order valence-corrected chi connectivity index (χ4v) is 3.61. The Labute approximate surface area is 126 Å². The summed E-state index contributed by atoms with van der Waals surface area (Å²) in [6.07, 6.45) is 0.275. The van der Waals surface area contributed by atoms with Crippen LogP contribution in [0.1, 0.15) is 31.0 Å². The van der Waals surface area contributed by atoms with Crippen molar-refractivity contribution < 1.29 is 0 Å². The van der Waals surface area contributed by atoms with Gasteiger partial charge < -0.3 is 15.5 Å². The smallest absolute Gasteiger partial charge is 0.124 e. The lowest BCUT2D eigenvalue weighted by molar-refractivity contribution is 0.560. The van der Waals surface area contributed by atoms with E-state index in [-0.39, 0.29) is 6.17 Å². The minimum absolute atomic E-state index is 0.275. The molecule has 0 radical (unpaired) electrons. The summed E-state index contributed by atoms with van der Waals surface area (Å²) in [6.45, 7) is 6.68. The quantitative estimate of drug-likeness (QED) is 0.822. The fourth-order valence-electron chi connectivity index (χ4n) is 3.61. The highest BCUT2D eigenvalue weighted by Crippen LogP contribution is 2.46. The van der Waals surface area contributed by atoms with Crippen LogP contribution in [0.25, 0.3) is 0 Å². The zero-order valence-corrected chi connectivity index (χ0v) is 12.7. The summed E-state index contributed by atoms with van der Waals surface area (Å²) < 4.78 is 0. The molecule has 2 aliphatic heterocycles. The minimum Gasteiger partial charge on any atom is -0.373 e. The number of fused-ring (bicyclic) bond motifs is 4. The highest BCUT2D eigenvalue weighted by molar-refractivity contribution is 5.77. The topological polar surface area (TPSA) is 27.3 Å². The summed E-state index contributed by atoms with van der Waals surface area (Å²) in [7, 11) is 0. The van der Waals surface area contributed by atoms with Gasteiger partial charge in [-0.25, -0.2) is 0 Å². The second kappa shape index (κ2) is 4.42. The highest BCUT2D eigenvalue weighted by atomic mass is 15.4. The first kappa shape index (κ1) is 12.6. The van der Waals surface area contributed by atoms with Crippen molar-refractivity contribution in [3.05, 3.63) is 53.6 Å². The van der Waals surface area contributed by atoms with E-state index in [1.165, 1.54) is 28.2 Å². The van der Waals surface area contributed by atoms with Crippen LogP contribution in [0, 0.1) is 6.92 Å². The first-order chi connectivity index (χ1) is 10.1. The third kappa shape index (κ3) is 1.80. The van der Waals surface area contributed by atoms with Gasteiger partial charge >= 0.3 is 0 Å². The van der Waals surface area contributed by atoms with Crippen LogP contribution in [0.5, 0.6) is 0 Å². The molecular formula is C18H21N3. The lowest BCUT2D eigenvalue weighted by Gasteiger charge is -2.39. The SMILES string of the molecule is Cc1ccc2c(c1)C1Nc3ccccc3NC1N2C(C)C. The number of para-hydroxylation sites is 2. The third-order valence-corrected chi connectivity index (χ3v) is 4.51. The number of hydrogen-bond acceptors (Lipinski definition) is 3. The zero-order valence-electron chi connectivity index (χ0n) is 12.7. The van der Waals surface area contributed by atoms with Gasteiger partial charge in [0.25, 0.3) is 0 Å². The Bertz CT molecular complexity index is 693. The van der Waals surface area contributed by atoms with E-state index in [4.69, 9.17) is 0 Å². The molecule has 2 aromatic carbocycles. The number of benzene rings is 2. The lowest BCUT2D eigenvalue weighted by atomic mass is 10.0. The number of nitrogens with one attached hydrogen (secondary N) is 2. The summed E-state index contributed by atoms with van der Waals surface area (Å²) in [4.78, 5) is 2.49. The first-order valence-corrected chi connectivity index (χ1v) is 7.66. The van der Waals surface area contributed by atoms with Gasteiger partial charge in [-0.1, -0.05) is 29.8 Å². The predicted octanol–water partition coefficient (Wildman–Crippen LogP) is 4.13. The second-order valence-electron chi connectivity index (χ2n) is 6.32. The monoisotopic (exact) mass is 279 g/mol. The number of anilines is 3. The van der Waals surface area contributed by atoms with Crippen molar-refractivity contribution in [1.29, 1.82) is 0 Å².